The maximum atomic E-state index is 12.2. The van der Waals surface area contributed by atoms with Crippen molar-refractivity contribution in [3.8, 4) is 0 Å². The fraction of sp³-hybridized carbons (Fsp3) is 0.167. The van der Waals surface area contributed by atoms with Gasteiger partial charge in [-0.1, -0.05) is 23.7 Å². The summed E-state index contributed by atoms with van der Waals surface area (Å²) in [5.41, 5.74) is 2.09. The van der Waals surface area contributed by atoms with E-state index in [9.17, 15) is 8.42 Å². The summed E-state index contributed by atoms with van der Waals surface area (Å²) < 4.78 is 27.5. The third-order valence-corrected chi connectivity index (χ3v) is 6.15. The van der Waals surface area contributed by atoms with Crippen LogP contribution in [0.2, 0.25) is 4.34 Å². The minimum Gasteiger partial charge on any atom is -0.279 e. The van der Waals surface area contributed by atoms with Crippen molar-refractivity contribution < 1.29 is 8.42 Å². The molecule has 1 heterocycles. The van der Waals surface area contributed by atoms with Crippen LogP contribution in [0.15, 0.2) is 34.5 Å². The Labute approximate surface area is 126 Å². The molecule has 0 saturated carbocycles. The molecule has 102 valence electrons. The van der Waals surface area contributed by atoms with Gasteiger partial charge in [-0.25, -0.2) is 8.42 Å². The number of thiophene rings is 1. The maximum absolute atomic E-state index is 12.2. The number of alkyl halides is 1. The number of hydrogen-bond donors (Lipinski definition) is 1. The van der Waals surface area contributed by atoms with Gasteiger partial charge in [-0.15, -0.1) is 22.9 Å². The zero-order chi connectivity index (χ0) is 14.0. The molecule has 1 aromatic carbocycles. The second-order valence-electron chi connectivity index (χ2n) is 3.96. The molecule has 0 radical (unpaired) electrons. The van der Waals surface area contributed by atoms with Crippen LogP contribution in [0.5, 0.6) is 0 Å². The predicted octanol–water partition coefficient (Wildman–Crippen LogP) is 4.25. The van der Waals surface area contributed by atoms with Crippen molar-refractivity contribution in [1.82, 2.24) is 0 Å². The molecule has 0 aliphatic rings. The zero-order valence-corrected chi connectivity index (χ0v) is 13.1. The summed E-state index contributed by atoms with van der Waals surface area (Å²) in [4.78, 5) is 0. The lowest BCUT2D eigenvalue weighted by atomic mass is 10.2. The second kappa shape index (κ2) is 5.71. The van der Waals surface area contributed by atoms with Crippen LogP contribution in [-0.4, -0.2) is 8.42 Å². The number of nitrogens with one attached hydrogen (secondary N) is 1. The van der Waals surface area contributed by atoms with E-state index in [4.69, 9.17) is 23.2 Å². The van der Waals surface area contributed by atoms with Gasteiger partial charge in [0.1, 0.15) is 4.21 Å². The van der Waals surface area contributed by atoms with Crippen molar-refractivity contribution in [2.75, 3.05) is 4.72 Å². The highest BCUT2D eigenvalue weighted by atomic mass is 35.5. The van der Waals surface area contributed by atoms with Gasteiger partial charge in [-0.3, -0.25) is 4.72 Å². The van der Waals surface area contributed by atoms with E-state index in [2.05, 4.69) is 4.72 Å². The fourth-order valence-corrected chi connectivity index (χ4v) is 4.41. The quantitative estimate of drug-likeness (QED) is 0.849. The van der Waals surface area contributed by atoms with E-state index in [1.54, 1.807) is 31.2 Å². The molecule has 2 aromatic rings. The highest BCUT2D eigenvalue weighted by Crippen LogP contribution is 2.31. The number of anilines is 1. The highest BCUT2D eigenvalue weighted by molar-refractivity contribution is 7.94. The van der Waals surface area contributed by atoms with Crippen molar-refractivity contribution in [1.29, 1.82) is 0 Å². The van der Waals surface area contributed by atoms with Crippen LogP contribution in [0.3, 0.4) is 0 Å². The molecular formula is C12H11Cl2NO2S2. The lowest BCUT2D eigenvalue weighted by molar-refractivity contribution is 0.603. The fourth-order valence-electron chi connectivity index (χ4n) is 1.49. The summed E-state index contributed by atoms with van der Waals surface area (Å²) >= 11 is 12.7. The van der Waals surface area contributed by atoms with Crippen LogP contribution in [0.1, 0.15) is 11.1 Å². The van der Waals surface area contributed by atoms with Crippen LogP contribution in [0, 0.1) is 6.92 Å². The number of benzene rings is 1. The molecule has 0 aliphatic carbocycles. The van der Waals surface area contributed by atoms with Crippen LogP contribution in [-0.2, 0) is 15.9 Å². The molecule has 0 amide bonds. The van der Waals surface area contributed by atoms with E-state index in [1.165, 1.54) is 0 Å². The molecule has 0 fully saturated rings. The average molecular weight is 336 g/mol. The summed E-state index contributed by atoms with van der Waals surface area (Å²) in [7, 11) is -3.60. The van der Waals surface area contributed by atoms with Gasteiger partial charge in [-0.2, -0.15) is 0 Å². The Morgan fingerprint density at radius 3 is 2.63 bits per heavy atom. The van der Waals surface area contributed by atoms with Crippen molar-refractivity contribution >= 4 is 50.2 Å². The topological polar surface area (TPSA) is 46.2 Å². The maximum Gasteiger partial charge on any atom is 0.271 e. The highest BCUT2D eigenvalue weighted by Gasteiger charge is 2.18. The first-order chi connectivity index (χ1) is 8.92. The van der Waals surface area contributed by atoms with E-state index in [-0.39, 0.29) is 4.21 Å². The molecule has 19 heavy (non-hydrogen) atoms. The molecule has 0 saturated heterocycles. The molecule has 0 atom stereocenters. The number of rotatable bonds is 4. The van der Waals surface area contributed by atoms with E-state index < -0.39 is 10.0 Å². The Hall–Kier alpha value is -0.750. The lowest BCUT2D eigenvalue weighted by Crippen LogP contribution is -2.11. The van der Waals surface area contributed by atoms with Gasteiger partial charge >= 0.3 is 0 Å². The Morgan fingerprint density at radius 1 is 1.32 bits per heavy atom. The van der Waals surface area contributed by atoms with Crippen molar-refractivity contribution in [3.63, 3.8) is 0 Å². The molecule has 1 aromatic heterocycles. The van der Waals surface area contributed by atoms with Gasteiger partial charge in [0.25, 0.3) is 10.0 Å². The van der Waals surface area contributed by atoms with Crippen molar-refractivity contribution in [3.05, 3.63) is 45.8 Å². The molecule has 3 nitrogen and oxygen atoms in total. The summed E-state index contributed by atoms with van der Waals surface area (Å²) in [6.45, 7) is 1.77. The van der Waals surface area contributed by atoms with E-state index >= 15 is 0 Å². The zero-order valence-electron chi connectivity index (χ0n) is 9.98. The summed E-state index contributed by atoms with van der Waals surface area (Å²) in [6, 6.07) is 8.52. The number of hydrogen-bond acceptors (Lipinski definition) is 3. The molecule has 0 aliphatic heterocycles. The van der Waals surface area contributed by atoms with Crippen LogP contribution in [0.25, 0.3) is 0 Å². The Morgan fingerprint density at radius 2 is 2.05 bits per heavy atom. The van der Waals surface area contributed by atoms with E-state index in [1.807, 2.05) is 6.07 Å². The molecule has 1 N–H and O–H groups in total. The summed E-state index contributed by atoms with van der Waals surface area (Å²) in [5.74, 6) is 0.333. The molecular weight excluding hydrogens is 325 g/mol. The van der Waals surface area contributed by atoms with Gasteiger partial charge in [0, 0.05) is 11.6 Å². The van der Waals surface area contributed by atoms with Crippen LogP contribution in [0.4, 0.5) is 5.69 Å². The normalized spacial score (nSPS) is 11.5. The minimum atomic E-state index is -3.60. The molecule has 0 spiro atoms. The lowest BCUT2D eigenvalue weighted by Gasteiger charge is -2.07. The monoisotopic (exact) mass is 335 g/mol. The van der Waals surface area contributed by atoms with E-state index in [0.29, 0.717) is 15.9 Å². The largest absolute Gasteiger partial charge is 0.279 e. The first-order valence-corrected chi connectivity index (χ1v) is 8.57. The third kappa shape index (κ3) is 3.42. The van der Waals surface area contributed by atoms with Gasteiger partial charge < -0.3 is 0 Å². The van der Waals surface area contributed by atoms with Gasteiger partial charge in [0.05, 0.1) is 4.34 Å². The molecule has 2 rings (SSSR count). The van der Waals surface area contributed by atoms with Crippen molar-refractivity contribution in [2.24, 2.45) is 0 Å². The Kier molecular flexibility index (Phi) is 4.40. The van der Waals surface area contributed by atoms with Crippen LogP contribution < -0.4 is 4.72 Å². The Balaban J connectivity index is 2.30. The summed E-state index contributed by atoms with van der Waals surface area (Å²) in [5, 5.41) is 0. The predicted molar refractivity (Wildman–Crippen MR) is 80.9 cm³/mol. The van der Waals surface area contributed by atoms with Gasteiger partial charge in [0.2, 0.25) is 0 Å². The molecule has 0 bridgehead atoms. The van der Waals surface area contributed by atoms with Gasteiger partial charge in [-0.05, 0) is 36.2 Å². The number of aryl methyl sites for hydroxylation is 1. The smallest absolute Gasteiger partial charge is 0.271 e. The third-order valence-electron chi connectivity index (χ3n) is 2.43. The standard InChI is InChI=1S/C12H11Cl2NO2S2/c1-8-5-11(18-12(8)14)19(16,17)15-10-4-2-3-9(6-10)7-13/h2-6,15H,7H2,1H3. The second-order valence-corrected chi connectivity index (χ2v) is 7.79. The van der Waals surface area contributed by atoms with Crippen LogP contribution >= 0.6 is 34.5 Å². The molecule has 7 heteroatoms. The number of sulfonamides is 1. The Bertz CT molecular complexity index is 676. The van der Waals surface area contributed by atoms with Crippen molar-refractivity contribution in [2.45, 2.75) is 17.0 Å². The first-order valence-electron chi connectivity index (χ1n) is 5.36. The molecule has 0 unspecified atom stereocenters. The van der Waals surface area contributed by atoms with E-state index in [0.717, 1.165) is 22.5 Å². The first kappa shape index (κ1) is 14.7. The SMILES string of the molecule is Cc1cc(S(=O)(=O)Nc2cccc(CCl)c2)sc1Cl. The summed E-state index contributed by atoms with van der Waals surface area (Å²) in [6.07, 6.45) is 0. The van der Waals surface area contributed by atoms with Gasteiger partial charge in [0.15, 0.2) is 0 Å². The number of halogens is 2. The minimum absolute atomic E-state index is 0.200. The average Bonchev–Trinajstić information content (AvgIpc) is 2.70.